The summed E-state index contributed by atoms with van der Waals surface area (Å²) >= 11 is 0. The van der Waals surface area contributed by atoms with Gasteiger partial charge in [-0.05, 0) is 24.3 Å². The van der Waals surface area contributed by atoms with Crippen molar-refractivity contribution in [2.75, 3.05) is 24.1 Å². The van der Waals surface area contributed by atoms with Gasteiger partial charge in [0, 0.05) is 6.08 Å². The standard InChI is InChI=1S/C18H18N4O2/c23-12-16-11-17(21-19-14-7-3-1-4-8-14)18(13-24-16)22-20-15-9-5-2-6-10-15/h1-11,19-20,23H,12-13H2. The molecule has 0 aromatic heterocycles. The molecular formula is C18H18N4O2. The molecule has 3 N–H and O–H groups in total. The first-order valence-electron chi connectivity index (χ1n) is 7.56. The summed E-state index contributed by atoms with van der Waals surface area (Å²) in [5.74, 6) is 0.460. The Kier molecular flexibility index (Phi) is 5.21. The van der Waals surface area contributed by atoms with Gasteiger partial charge >= 0.3 is 0 Å². The van der Waals surface area contributed by atoms with Crippen LogP contribution in [0.1, 0.15) is 0 Å². The molecule has 0 radical (unpaired) electrons. The minimum Gasteiger partial charge on any atom is -0.489 e. The summed E-state index contributed by atoms with van der Waals surface area (Å²) < 4.78 is 5.44. The van der Waals surface area contributed by atoms with Gasteiger partial charge in [-0.25, -0.2) is 0 Å². The van der Waals surface area contributed by atoms with Crippen molar-refractivity contribution in [3.05, 3.63) is 72.5 Å². The smallest absolute Gasteiger partial charge is 0.134 e. The zero-order valence-electron chi connectivity index (χ0n) is 13.0. The van der Waals surface area contributed by atoms with E-state index in [-0.39, 0.29) is 13.2 Å². The van der Waals surface area contributed by atoms with Crippen molar-refractivity contribution < 1.29 is 9.84 Å². The van der Waals surface area contributed by atoms with Gasteiger partial charge in [0.1, 0.15) is 30.4 Å². The molecule has 6 heteroatoms. The monoisotopic (exact) mass is 322 g/mol. The second-order valence-corrected chi connectivity index (χ2v) is 5.07. The van der Waals surface area contributed by atoms with Gasteiger partial charge in [-0.2, -0.15) is 10.2 Å². The van der Waals surface area contributed by atoms with Crippen LogP contribution in [-0.2, 0) is 4.74 Å². The highest BCUT2D eigenvalue weighted by Crippen LogP contribution is 2.11. The van der Waals surface area contributed by atoms with E-state index in [4.69, 9.17) is 4.74 Å². The Balaban J connectivity index is 1.80. The largest absolute Gasteiger partial charge is 0.489 e. The van der Waals surface area contributed by atoms with Gasteiger partial charge in [0.05, 0.1) is 11.4 Å². The average molecular weight is 322 g/mol. The van der Waals surface area contributed by atoms with Crippen LogP contribution in [-0.4, -0.2) is 29.7 Å². The second kappa shape index (κ2) is 7.94. The highest BCUT2D eigenvalue weighted by atomic mass is 16.5. The van der Waals surface area contributed by atoms with Crippen molar-refractivity contribution >= 4 is 22.8 Å². The SMILES string of the molecule is OCC1=CC(=NNc2ccccc2)C(=NNc2ccccc2)CO1. The van der Waals surface area contributed by atoms with Crippen LogP contribution in [0.15, 0.2) is 82.7 Å². The van der Waals surface area contributed by atoms with E-state index in [2.05, 4.69) is 21.1 Å². The van der Waals surface area contributed by atoms with E-state index in [0.717, 1.165) is 11.4 Å². The third-order valence-corrected chi connectivity index (χ3v) is 3.32. The number of benzene rings is 2. The zero-order valence-corrected chi connectivity index (χ0v) is 13.0. The number of hydrogen-bond donors (Lipinski definition) is 3. The Morgan fingerprint density at radius 2 is 1.46 bits per heavy atom. The normalized spacial score (nSPS) is 17.3. The summed E-state index contributed by atoms with van der Waals surface area (Å²) in [5.41, 5.74) is 8.95. The van der Waals surface area contributed by atoms with Crippen molar-refractivity contribution in [3.63, 3.8) is 0 Å². The van der Waals surface area contributed by atoms with E-state index >= 15 is 0 Å². The third kappa shape index (κ3) is 4.21. The number of nitrogens with zero attached hydrogens (tertiary/aromatic N) is 2. The minimum absolute atomic E-state index is 0.177. The fraction of sp³-hybridized carbons (Fsp3) is 0.111. The van der Waals surface area contributed by atoms with Gasteiger partial charge in [-0.3, -0.25) is 10.9 Å². The van der Waals surface area contributed by atoms with Crippen LogP contribution < -0.4 is 10.9 Å². The Labute approximate surface area is 140 Å². The van der Waals surface area contributed by atoms with Gasteiger partial charge in [0.15, 0.2) is 0 Å². The molecule has 0 fully saturated rings. The van der Waals surface area contributed by atoms with Crippen molar-refractivity contribution in [2.24, 2.45) is 10.2 Å². The zero-order chi connectivity index (χ0) is 16.6. The number of allylic oxidation sites excluding steroid dienone is 1. The molecule has 1 aliphatic rings. The minimum atomic E-state index is -0.177. The van der Waals surface area contributed by atoms with Crippen LogP contribution in [0.3, 0.4) is 0 Å². The Hall–Kier alpha value is -3.12. The number of ether oxygens (including phenoxy) is 1. The number of hydrogen-bond acceptors (Lipinski definition) is 6. The van der Waals surface area contributed by atoms with Crippen LogP contribution in [0.25, 0.3) is 0 Å². The van der Waals surface area contributed by atoms with Gasteiger partial charge in [0.2, 0.25) is 0 Å². The van der Waals surface area contributed by atoms with E-state index < -0.39 is 0 Å². The molecule has 1 heterocycles. The maximum absolute atomic E-state index is 9.26. The number of hydrazone groups is 2. The lowest BCUT2D eigenvalue weighted by molar-refractivity contribution is 0.188. The number of aliphatic hydroxyl groups is 1. The highest BCUT2D eigenvalue weighted by molar-refractivity contribution is 6.47. The predicted molar refractivity (Wildman–Crippen MR) is 96.1 cm³/mol. The number of aliphatic hydroxyl groups excluding tert-OH is 1. The Morgan fingerprint density at radius 3 is 2.04 bits per heavy atom. The molecule has 0 atom stereocenters. The maximum Gasteiger partial charge on any atom is 0.134 e. The molecule has 122 valence electrons. The van der Waals surface area contributed by atoms with Gasteiger partial charge in [-0.15, -0.1) is 0 Å². The lowest BCUT2D eigenvalue weighted by atomic mass is 10.2. The number of para-hydroxylation sites is 2. The van der Waals surface area contributed by atoms with Crippen molar-refractivity contribution in [3.8, 4) is 0 Å². The molecule has 0 bridgehead atoms. The summed E-state index contributed by atoms with van der Waals surface area (Å²) in [6.07, 6.45) is 1.67. The lowest BCUT2D eigenvalue weighted by Gasteiger charge is -2.17. The van der Waals surface area contributed by atoms with E-state index in [1.54, 1.807) is 6.08 Å². The first-order valence-corrected chi connectivity index (χ1v) is 7.56. The van der Waals surface area contributed by atoms with Crippen molar-refractivity contribution in [1.29, 1.82) is 0 Å². The summed E-state index contributed by atoms with van der Waals surface area (Å²) in [7, 11) is 0. The molecule has 6 nitrogen and oxygen atoms in total. The molecule has 0 unspecified atom stereocenters. The topological polar surface area (TPSA) is 78.2 Å². The van der Waals surface area contributed by atoms with Crippen LogP contribution in [0.4, 0.5) is 11.4 Å². The average Bonchev–Trinajstić information content (AvgIpc) is 2.66. The fourth-order valence-corrected chi connectivity index (χ4v) is 2.07. The van der Waals surface area contributed by atoms with Crippen LogP contribution in [0.5, 0.6) is 0 Å². The summed E-state index contributed by atoms with van der Waals surface area (Å²) in [4.78, 5) is 0. The molecule has 0 aliphatic carbocycles. The number of anilines is 2. The van der Waals surface area contributed by atoms with Crippen molar-refractivity contribution in [1.82, 2.24) is 0 Å². The van der Waals surface area contributed by atoms with Gasteiger partial charge in [0.25, 0.3) is 0 Å². The van der Waals surface area contributed by atoms with Crippen LogP contribution >= 0.6 is 0 Å². The van der Waals surface area contributed by atoms with E-state index in [1.165, 1.54) is 0 Å². The highest BCUT2D eigenvalue weighted by Gasteiger charge is 2.17. The summed E-state index contributed by atoms with van der Waals surface area (Å²) in [5, 5.41) is 18.0. The fourth-order valence-electron chi connectivity index (χ4n) is 2.07. The number of nitrogens with one attached hydrogen (secondary N) is 2. The third-order valence-electron chi connectivity index (χ3n) is 3.32. The molecule has 1 aliphatic heterocycles. The van der Waals surface area contributed by atoms with Gasteiger partial charge in [-0.1, -0.05) is 36.4 Å². The summed E-state index contributed by atoms with van der Waals surface area (Å²) in [6.45, 7) is 0.0608. The first kappa shape index (κ1) is 15.8. The van der Waals surface area contributed by atoms with Crippen LogP contribution in [0, 0.1) is 0 Å². The van der Waals surface area contributed by atoms with E-state index in [9.17, 15) is 5.11 Å². The Morgan fingerprint density at radius 1 is 0.875 bits per heavy atom. The predicted octanol–water partition coefficient (Wildman–Crippen LogP) is 2.83. The quantitative estimate of drug-likeness (QED) is 0.740. The molecule has 0 spiro atoms. The number of rotatable bonds is 5. The second-order valence-electron chi connectivity index (χ2n) is 5.07. The molecule has 0 saturated heterocycles. The molecule has 24 heavy (non-hydrogen) atoms. The Bertz CT molecular complexity index is 755. The molecule has 2 aromatic rings. The molecule has 0 saturated carbocycles. The van der Waals surface area contributed by atoms with Gasteiger partial charge < -0.3 is 9.84 Å². The molecule has 2 aromatic carbocycles. The lowest BCUT2D eigenvalue weighted by Crippen LogP contribution is -2.27. The molecule has 0 amide bonds. The first-order chi connectivity index (χ1) is 11.8. The summed E-state index contributed by atoms with van der Waals surface area (Å²) in [6, 6.07) is 19.2. The molecule has 3 rings (SSSR count). The van der Waals surface area contributed by atoms with Crippen LogP contribution in [0.2, 0.25) is 0 Å². The molecular weight excluding hydrogens is 304 g/mol. The van der Waals surface area contributed by atoms with E-state index in [1.807, 2.05) is 60.7 Å². The maximum atomic E-state index is 9.26. The van der Waals surface area contributed by atoms with Crippen molar-refractivity contribution in [2.45, 2.75) is 0 Å². The van der Waals surface area contributed by atoms with E-state index in [0.29, 0.717) is 17.2 Å².